The topological polar surface area (TPSA) is 184 Å². The van der Waals surface area contributed by atoms with Crippen molar-refractivity contribution in [2.75, 3.05) is 6.61 Å². The smallest absolute Gasteiger partial charge is 0.331 e. The predicted molar refractivity (Wildman–Crippen MR) is 137 cm³/mol. The van der Waals surface area contributed by atoms with Crippen LogP contribution in [0.15, 0.2) is 51.7 Å². The van der Waals surface area contributed by atoms with Gasteiger partial charge in [0.25, 0.3) is 0 Å². The van der Waals surface area contributed by atoms with E-state index in [4.69, 9.17) is 13.9 Å². The van der Waals surface area contributed by atoms with E-state index in [9.17, 15) is 39.9 Å². The molecule has 4 rings (SSSR count). The van der Waals surface area contributed by atoms with E-state index < -0.39 is 54.3 Å². The number of aromatic hydroxyl groups is 2. The molecule has 0 aliphatic carbocycles. The lowest BCUT2D eigenvalue weighted by atomic mass is 9.89. The Kier molecular flexibility index (Phi) is 8.17. The number of phenolic OH excluding ortho intramolecular Hbond substituents is 2. The number of carbonyl (C=O) groups excluding carboxylic acids is 2. The van der Waals surface area contributed by atoms with Crippen molar-refractivity contribution in [2.24, 2.45) is 0 Å². The van der Waals surface area contributed by atoms with Crippen LogP contribution in [-0.2, 0) is 25.5 Å². The number of ketones is 1. The number of esters is 1. The quantitative estimate of drug-likeness (QED) is 0.216. The minimum absolute atomic E-state index is 0.0201. The van der Waals surface area contributed by atoms with Gasteiger partial charge in [-0.3, -0.25) is 9.59 Å². The van der Waals surface area contributed by atoms with Crippen molar-refractivity contribution in [2.45, 2.75) is 50.8 Å². The molecule has 5 atom stereocenters. The fourth-order valence-electron chi connectivity index (χ4n) is 4.56. The zero-order valence-electron chi connectivity index (χ0n) is 21.1. The summed E-state index contributed by atoms with van der Waals surface area (Å²) in [6.45, 7) is 2.16. The first-order valence-electron chi connectivity index (χ1n) is 12.1. The minimum atomic E-state index is -1.77. The third kappa shape index (κ3) is 5.86. The maximum absolute atomic E-state index is 13.0. The molecule has 1 unspecified atom stereocenters. The van der Waals surface area contributed by atoms with Gasteiger partial charge in [-0.2, -0.15) is 0 Å². The second-order valence-electron chi connectivity index (χ2n) is 9.37. The third-order valence-electron chi connectivity index (χ3n) is 6.40. The van der Waals surface area contributed by atoms with Gasteiger partial charge in [0.15, 0.2) is 11.5 Å². The van der Waals surface area contributed by atoms with E-state index in [2.05, 4.69) is 0 Å². The molecule has 0 radical (unpaired) electrons. The van der Waals surface area contributed by atoms with Crippen LogP contribution >= 0.6 is 0 Å². The van der Waals surface area contributed by atoms with E-state index in [1.54, 1.807) is 19.1 Å². The first-order valence-corrected chi connectivity index (χ1v) is 12.1. The summed E-state index contributed by atoms with van der Waals surface area (Å²) in [7, 11) is 0. The van der Waals surface area contributed by atoms with Gasteiger partial charge in [0.05, 0.1) is 24.0 Å². The molecule has 0 saturated carbocycles. The molecule has 1 aromatic heterocycles. The molecule has 2 heterocycles. The first kappa shape index (κ1) is 28.0. The molecule has 0 spiro atoms. The number of benzene rings is 2. The summed E-state index contributed by atoms with van der Waals surface area (Å²) in [5, 5.41) is 51.6. The highest BCUT2D eigenvalue weighted by Gasteiger charge is 2.48. The van der Waals surface area contributed by atoms with Crippen LogP contribution in [0, 0.1) is 6.92 Å². The van der Waals surface area contributed by atoms with Crippen molar-refractivity contribution in [3.05, 3.63) is 75.1 Å². The van der Waals surface area contributed by atoms with Gasteiger partial charge >= 0.3 is 5.97 Å². The maximum atomic E-state index is 13.0. The molecule has 0 bridgehead atoms. The Bertz CT molecular complexity index is 1470. The lowest BCUT2D eigenvalue weighted by Crippen LogP contribution is -2.56. The Balaban J connectivity index is 1.80. The Morgan fingerprint density at radius 1 is 1.08 bits per heavy atom. The van der Waals surface area contributed by atoms with Gasteiger partial charge in [-0.15, -0.1) is 0 Å². The Morgan fingerprint density at radius 3 is 2.41 bits per heavy atom. The first-order chi connectivity index (χ1) is 18.5. The second kappa shape index (κ2) is 11.4. The molecule has 1 saturated heterocycles. The number of rotatable bonds is 7. The number of hydrogen-bond acceptors (Lipinski definition) is 11. The highest BCUT2D eigenvalue weighted by molar-refractivity contribution is 5.88. The molecule has 5 N–H and O–H groups in total. The number of ether oxygens (including phenoxy) is 2. The molecule has 1 fully saturated rings. The van der Waals surface area contributed by atoms with Gasteiger partial charge in [0.2, 0.25) is 0 Å². The monoisotopic (exact) mass is 540 g/mol. The zero-order chi connectivity index (χ0) is 28.4. The number of phenols is 2. The molecule has 0 amide bonds. The number of carbonyl (C=O) groups is 2. The normalized spacial score (nSPS) is 23.3. The van der Waals surface area contributed by atoms with Crippen LogP contribution in [0.2, 0.25) is 0 Å². The highest BCUT2D eigenvalue weighted by Crippen LogP contribution is 2.42. The van der Waals surface area contributed by atoms with E-state index in [0.29, 0.717) is 11.1 Å². The third-order valence-corrected chi connectivity index (χ3v) is 6.40. The summed E-state index contributed by atoms with van der Waals surface area (Å²) >= 11 is 0. The predicted octanol–water partition coefficient (Wildman–Crippen LogP) is 1.42. The number of aliphatic hydroxyl groups is 3. The summed E-state index contributed by atoms with van der Waals surface area (Å²) < 4.78 is 17.1. The van der Waals surface area contributed by atoms with Crippen molar-refractivity contribution < 1.29 is 49.0 Å². The Labute approximate surface area is 222 Å². The van der Waals surface area contributed by atoms with E-state index in [0.717, 1.165) is 6.08 Å². The van der Waals surface area contributed by atoms with Crippen molar-refractivity contribution in [1.29, 1.82) is 0 Å². The molecule has 2 aromatic carbocycles. The van der Waals surface area contributed by atoms with Gasteiger partial charge in [0, 0.05) is 12.1 Å². The van der Waals surface area contributed by atoms with E-state index in [1.807, 2.05) is 0 Å². The number of aryl methyl sites for hydroxylation is 1. The highest BCUT2D eigenvalue weighted by atomic mass is 16.6. The summed E-state index contributed by atoms with van der Waals surface area (Å²) in [5.74, 6) is -1.59. The lowest BCUT2D eigenvalue weighted by molar-refractivity contribution is -0.239. The molecule has 39 heavy (non-hydrogen) atoms. The van der Waals surface area contributed by atoms with Crippen molar-refractivity contribution in [3.8, 4) is 11.5 Å². The molecule has 206 valence electrons. The molecule has 1 aliphatic heterocycles. The van der Waals surface area contributed by atoms with Gasteiger partial charge in [-0.1, -0.05) is 12.1 Å². The number of aliphatic hydroxyl groups excluding tert-OH is 3. The molecular formula is C28H28O11. The van der Waals surface area contributed by atoms with Gasteiger partial charge in [-0.05, 0) is 49.2 Å². The van der Waals surface area contributed by atoms with Crippen LogP contribution < -0.4 is 5.43 Å². The largest absolute Gasteiger partial charge is 0.508 e. The lowest BCUT2D eigenvalue weighted by Gasteiger charge is -2.42. The number of Topliss-reactive ketones (excluding diaryl/α,β-unsaturated/α-hetero) is 1. The van der Waals surface area contributed by atoms with Crippen molar-refractivity contribution >= 4 is 28.8 Å². The van der Waals surface area contributed by atoms with Crippen molar-refractivity contribution in [3.63, 3.8) is 0 Å². The van der Waals surface area contributed by atoms with E-state index in [1.165, 1.54) is 37.3 Å². The molecule has 11 nitrogen and oxygen atoms in total. The second-order valence-corrected chi connectivity index (χ2v) is 9.37. The minimum Gasteiger partial charge on any atom is -0.508 e. The Morgan fingerprint density at radius 2 is 1.77 bits per heavy atom. The van der Waals surface area contributed by atoms with E-state index >= 15 is 0 Å². The standard InChI is InChI=1S/C28H28O11/c1-13-9-18(32)23(26-22(13)19(33)11-17(37-26)10-14(2)30)27-28(25(36)24(35)20(12-29)38-27)39-21(34)8-5-15-3-6-16(31)7-4-15/h3-9,11,20,24-25,27-29,31-32,35-36H,10,12H2,1-2H3/b8-5+/t20-,24-,25+,27?,28-/m1/s1. The average molecular weight is 541 g/mol. The number of hydrogen-bond donors (Lipinski definition) is 5. The molecule has 3 aromatic rings. The van der Waals surface area contributed by atoms with Crippen LogP contribution in [0.1, 0.15) is 35.5 Å². The van der Waals surface area contributed by atoms with Gasteiger partial charge < -0.3 is 39.4 Å². The maximum Gasteiger partial charge on any atom is 0.331 e. The molecule has 11 heteroatoms. The average Bonchev–Trinajstić information content (AvgIpc) is 2.86. The summed E-state index contributed by atoms with van der Waals surface area (Å²) in [4.78, 5) is 37.4. The van der Waals surface area contributed by atoms with Crippen LogP contribution in [-0.4, -0.2) is 68.3 Å². The van der Waals surface area contributed by atoms with Crippen LogP contribution in [0.4, 0.5) is 0 Å². The van der Waals surface area contributed by atoms with Gasteiger partial charge in [-0.25, -0.2) is 4.79 Å². The summed E-state index contributed by atoms with van der Waals surface area (Å²) in [5.41, 5.74) is 0.107. The van der Waals surface area contributed by atoms with Crippen LogP contribution in [0.3, 0.4) is 0 Å². The molecule has 1 aliphatic rings. The number of fused-ring (bicyclic) bond motifs is 1. The van der Waals surface area contributed by atoms with Gasteiger partial charge in [0.1, 0.15) is 53.0 Å². The summed E-state index contributed by atoms with van der Waals surface area (Å²) in [6.07, 6.45) is -5.63. The Hall–Kier alpha value is -4.03. The summed E-state index contributed by atoms with van der Waals surface area (Å²) in [6, 6.07) is 8.38. The molecular weight excluding hydrogens is 512 g/mol. The van der Waals surface area contributed by atoms with Crippen LogP contribution in [0.25, 0.3) is 17.0 Å². The fraction of sp³-hybridized carbons (Fsp3) is 0.321. The zero-order valence-corrected chi connectivity index (χ0v) is 21.1. The fourth-order valence-corrected chi connectivity index (χ4v) is 4.56. The van der Waals surface area contributed by atoms with E-state index in [-0.39, 0.29) is 40.2 Å². The van der Waals surface area contributed by atoms with Crippen LogP contribution in [0.5, 0.6) is 11.5 Å². The SMILES string of the molecule is CC(=O)Cc1cc(=O)c2c(C)cc(O)c(C3O[C@H](CO)[C@@H](O)[C@H](O)[C@H]3OC(=O)/C=C/c3ccc(O)cc3)c2o1. The van der Waals surface area contributed by atoms with Crippen molar-refractivity contribution in [1.82, 2.24) is 0 Å².